The smallest absolute Gasteiger partial charge is 0.216 e. The molecule has 3 aromatic carbocycles. The number of benzene rings is 3. The number of ether oxygens (including phenoxy) is 2. The third-order valence-electron chi connectivity index (χ3n) is 7.79. The predicted octanol–water partition coefficient (Wildman–Crippen LogP) is 7.00. The highest BCUT2D eigenvalue weighted by atomic mass is 16.5. The number of nitrogens with zero attached hydrogens (tertiary/aromatic N) is 2. The number of rotatable bonds is 9. The molecule has 0 amide bonds. The number of fused-ring (bicyclic) bond motifs is 1. The minimum Gasteiger partial charge on any atom is -0.481 e. The molecular weight excluding hydrogens is 456 g/mol. The number of pyridine rings is 1. The summed E-state index contributed by atoms with van der Waals surface area (Å²) in [5.41, 5.74) is 5.15. The van der Waals surface area contributed by atoms with Crippen molar-refractivity contribution < 1.29 is 9.47 Å². The van der Waals surface area contributed by atoms with Crippen LogP contribution in [-0.2, 0) is 4.74 Å². The molecule has 4 aromatic rings. The van der Waals surface area contributed by atoms with Crippen LogP contribution in [0.15, 0.2) is 85.1 Å². The van der Waals surface area contributed by atoms with E-state index >= 15 is 0 Å². The summed E-state index contributed by atoms with van der Waals surface area (Å²) in [7, 11) is 6.06. The van der Waals surface area contributed by atoms with E-state index in [1.54, 1.807) is 7.11 Å². The second-order valence-corrected chi connectivity index (χ2v) is 10.4. The maximum absolute atomic E-state index is 5.94. The average Bonchev–Trinajstić information content (AvgIpc) is 2.95. The Hall–Kier alpha value is -3.21. The molecule has 4 nitrogen and oxygen atoms in total. The lowest BCUT2D eigenvalue weighted by Crippen LogP contribution is -2.22. The first-order valence-electron chi connectivity index (χ1n) is 13.4. The molecule has 0 radical (unpaired) electrons. The molecule has 1 aromatic heterocycles. The lowest BCUT2D eigenvalue weighted by atomic mass is 9.74. The minimum absolute atomic E-state index is 0.106. The summed E-state index contributed by atoms with van der Waals surface area (Å²) in [6.45, 7) is 2.62. The van der Waals surface area contributed by atoms with E-state index in [-0.39, 0.29) is 11.8 Å². The van der Waals surface area contributed by atoms with Gasteiger partial charge in [0.15, 0.2) is 0 Å². The SMILES string of the molecule is COc1ncc(C2CCOCC2)cc1C(c1ccccc1)C(CCN(C)C)c1cccc2ccccc12. The van der Waals surface area contributed by atoms with Gasteiger partial charge in [-0.3, -0.25) is 0 Å². The standard InChI is InChI=1S/C33H38N2O2/c1-35(2)19-16-30(29-15-9-13-25-10-7-8-14-28(25)29)32(26-11-5-4-6-12-26)31-22-27(23-34-33(31)36-3)24-17-20-37-21-18-24/h4-15,22-24,30,32H,16-21H2,1-3H3. The third-order valence-corrected chi connectivity index (χ3v) is 7.79. The van der Waals surface area contributed by atoms with Crippen LogP contribution in [0.5, 0.6) is 5.88 Å². The van der Waals surface area contributed by atoms with Gasteiger partial charge in [-0.2, -0.15) is 0 Å². The molecule has 0 bridgehead atoms. The molecule has 1 aliphatic rings. The molecule has 4 heteroatoms. The van der Waals surface area contributed by atoms with Crippen molar-refractivity contribution in [3.8, 4) is 5.88 Å². The van der Waals surface area contributed by atoms with Gasteiger partial charge in [-0.15, -0.1) is 0 Å². The summed E-state index contributed by atoms with van der Waals surface area (Å²) in [4.78, 5) is 7.16. The fourth-order valence-corrected chi connectivity index (χ4v) is 5.90. The number of methoxy groups -OCH3 is 1. The summed E-state index contributed by atoms with van der Waals surface area (Å²) >= 11 is 0. The Morgan fingerprint density at radius 1 is 0.919 bits per heavy atom. The van der Waals surface area contributed by atoms with E-state index in [1.807, 2.05) is 6.20 Å². The molecule has 0 N–H and O–H groups in total. The summed E-state index contributed by atoms with van der Waals surface area (Å²) in [6, 6.07) is 28.8. The van der Waals surface area contributed by atoms with E-state index < -0.39 is 0 Å². The van der Waals surface area contributed by atoms with Crippen molar-refractivity contribution in [2.24, 2.45) is 0 Å². The molecule has 2 heterocycles. The normalized spacial score (nSPS) is 16.1. The number of hydrogen-bond acceptors (Lipinski definition) is 4. The van der Waals surface area contributed by atoms with Gasteiger partial charge < -0.3 is 14.4 Å². The first kappa shape index (κ1) is 25.4. The maximum Gasteiger partial charge on any atom is 0.216 e. The van der Waals surface area contributed by atoms with Crippen molar-refractivity contribution in [3.63, 3.8) is 0 Å². The van der Waals surface area contributed by atoms with Gasteiger partial charge in [-0.25, -0.2) is 4.98 Å². The largest absolute Gasteiger partial charge is 0.481 e. The van der Waals surface area contributed by atoms with Crippen molar-refractivity contribution in [1.82, 2.24) is 9.88 Å². The fourth-order valence-electron chi connectivity index (χ4n) is 5.90. The molecule has 5 rings (SSSR count). The van der Waals surface area contributed by atoms with Gasteiger partial charge in [0.1, 0.15) is 0 Å². The Labute approximate surface area is 221 Å². The monoisotopic (exact) mass is 494 g/mol. The van der Waals surface area contributed by atoms with Gasteiger partial charge in [0.25, 0.3) is 0 Å². The third kappa shape index (κ3) is 5.71. The van der Waals surface area contributed by atoms with Gasteiger partial charge in [-0.1, -0.05) is 72.8 Å². The Balaban J connectivity index is 1.70. The molecule has 2 unspecified atom stereocenters. The molecule has 0 spiro atoms. The fraction of sp³-hybridized carbons (Fsp3) is 0.364. The van der Waals surface area contributed by atoms with Gasteiger partial charge in [0, 0.05) is 30.9 Å². The van der Waals surface area contributed by atoms with E-state index in [9.17, 15) is 0 Å². The molecule has 1 saturated heterocycles. The summed E-state index contributed by atoms with van der Waals surface area (Å²) < 4.78 is 11.6. The van der Waals surface area contributed by atoms with Crippen LogP contribution in [0.25, 0.3) is 10.8 Å². The van der Waals surface area contributed by atoms with Crippen LogP contribution in [0.3, 0.4) is 0 Å². The summed E-state index contributed by atoms with van der Waals surface area (Å²) in [5, 5.41) is 2.60. The van der Waals surface area contributed by atoms with E-state index in [0.29, 0.717) is 5.92 Å². The Kier molecular flexibility index (Phi) is 8.18. The Bertz CT molecular complexity index is 1290. The van der Waals surface area contributed by atoms with Gasteiger partial charge >= 0.3 is 0 Å². The van der Waals surface area contributed by atoms with Gasteiger partial charge in [0.2, 0.25) is 5.88 Å². The number of aromatic nitrogens is 1. The predicted molar refractivity (Wildman–Crippen MR) is 152 cm³/mol. The zero-order valence-corrected chi connectivity index (χ0v) is 22.3. The van der Waals surface area contributed by atoms with Crippen molar-refractivity contribution in [1.29, 1.82) is 0 Å². The van der Waals surface area contributed by atoms with Crippen LogP contribution in [0.2, 0.25) is 0 Å². The molecular formula is C33H38N2O2. The second kappa shape index (κ2) is 11.9. The minimum atomic E-state index is 0.106. The lowest BCUT2D eigenvalue weighted by molar-refractivity contribution is 0.0852. The number of hydrogen-bond donors (Lipinski definition) is 0. The van der Waals surface area contributed by atoms with E-state index in [4.69, 9.17) is 14.5 Å². The van der Waals surface area contributed by atoms with Crippen LogP contribution in [0.4, 0.5) is 0 Å². The first-order chi connectivity index (χ1) is 18.2. The maximum atomic E-state index is 5.94. The molecule has 0 aliphatic carbocycles. The molecule has 37 heavy (non-hydrogen) atoms. The van der Waals surface area contributed by atoms with Crippen molar-refractivity contribution in [2.75, 3.05) is 41.0 Å². The average molecular weight is 495 g/mol. The van der Waals surface area contributed by atoms with E-state index in [2.05, 4.69) is 97.9 Å². The highest BCUT2D eigenvalue weighted by Crippen LogP contribution is 2.46. The van der Waals surface area contributed by atoms with Gasteiger partial charge in [0.05, 0.1) is 7.11 Å². The highest BCUT2D eigenvalue weighted by Gasteiger charge is 2.31. The Morgan fingerprint density at radius 3 is 2.41 bits per heavy atom. The lowest BCUT2D eigenvalue weighted by Gasteiger charge is -2.32. The van der Waals surface area contributed by atoms with Crippen LogP contribution in [0.1, 0.15) is 59.3 Å². The molecule has 2 atom stereocenters. The first-order valence-corrected chi connectivity index (χ1v) is 13.4. The summed E-state index contributed by atoms with van der Waals surface area (Å²) in [5.74, 6) is 1.55. The van der Waals surface area contributed by atoms with Gasteiger partial charge in [-0.05, 0) is 85.3 Å². The zero-order chi connectivity index (χ0) is 25.6. The molecule has 1 aliphatic heterocycles. The molecule has 1 fully saturated rings. The summed E-state index contributed by atoms with van der Waals surface area (Å²) in [6.07, 6.45) is 5.12. The Morgan fingerprint density at radius 2 is 1.65 bits per heavy atom. The van der Waals surface area contributed by atoms with Crippen LogP contribution in [-0.4, -0.2) is 50.8 Å². The topological polar surface area (TPSA) is 34.6 Å². The van der Waals surface area contributed by atoms with Crippen molar-refractivity contribution >= 4 is 10.8 Å². The van der Waals surface area contributed by atoms with Crippen LogP contribution in [0, 0.1) is 0 Å². The van der Waals surface area contributed by atoms with Crippen molar-refractivity contribution in [3.05, 3.63) is 107 Å². The molecule has 192 valence electrons. The molecule has 0 saturated carbocycles. The van der Waals surface area contributed by atoms with Crippen molar-refractivity contribution in [2.45, 2.75) is 37.0 Å². The van der Waals surface area contributed by atoms with E-state index in [1.165, 1.54) is 33.0 Å². The van der Waals surface area contributed by atoms with E-state index in [0.717, 1.165) is 44.9 Å². The van der Waals surface area contributed by atoms with Crippen LogP contribution >= 0.6 is 0 Å². The van der Waals surface area contributed by atoms with Crippen LogP contribution < -0.4 is 4.74 Å². The second-order valence-electron chi connectivity index (χ2n) is 10.4. The quantitative estimate of drug-likeness (QED) is 0.251. The zero-order valence-electron chi connectivity index (χ0n) is 22.3. The highest BCUT2D eigenvalue weighted by molar-refractivity contribution is 5.86.